The Morgan fingerprint density at radius 1 is 1.25 bits per heavy atom. The van der Waals surface area contributed by atoms with Gasteiger partial charge < -0.3 is 15.3 Å². The Kier molecular flexibility index (Phi) is 3.89. The van der Waals surface area contributed by atoms with Gasteiger partial charge in [0, 0.05) is 14.1 Å². The number of anilines is 2. The predicted molar refractivity (Wildman–Crippen MR) is 79.4 cm³/mol. The first-order valence-corrected chi connectivity index (χ1v) is 6.21. The average Bonchev–Trinajstić information content (AvgIpc) is 2.42. The molecule has 1 amide bonds. The fraction of sp³-hybridized carbons (Fsp3) is 0.200. The van der Waals surface area contributed by atoms with Gasteiger partial charge in [0.15, 0.2) is 0 Å². The summed E-state index contributed by atoms with van der Waals surface area (Å²) in [6.45, 7) is 1.86. The molecule has 0 radical (unpaired) electrons. The molecule has 2 aromatic rings. The van der Waals surface area contributed by atoms with E-state index in [4.69, 9.17) is 0 Å². The van der Waals surface area contributed by atoms with Crippen LogP contribution in [0.5, 0.6) is 5.75 Å². The van der Waals surface area contributed by atoms with Crippen molar-refractivity contribution in [3.05, 3.63) is 47.7 Å². The molecule has 1 aromatic carbocycles. The number of nitrogens with zero attached hydrogens (tertiary/aromatic N) is 2. The van der Waals surface area contributed by atoms with Crippen LogP contribution < -0.4 is 10.2 Å². The van der Waals surface area contributed by atoms with Gasteiger partial charge in [-0.1, -0.05) is 11.6 Å². The SMILES string of the molecule is Cc1ccc(O)c(C(=O)Nc2ccc(N(C)C)nc2)c1. The molecule has 0 aliphatic rings. The molecule has 5 nitrogen and oxygen atoms in total. The molecule has 0 saturated carbocycles. The van der Waals surface area contributed by atoms with Crippen molar-refractivity contribution in [2.45, 2.75) is 6.92 Å². The Hall–Kier alpha value is -2.56. The Morgan fingerprint density at radius 3 is 2.60 bits per heavy atom. The number of amides is 1. The number of aromatic nitrogens is 1. The van der Waals surface area contributed by atoms with E-state index in [1.165, 1.54) is 6.07 Å². The molecule has 0 aliphatic carbocycles. The first-order valence-electron chi connectivity index (χ1n) is 6.21. The number of hydrogen-bond acceptors (Lipinski definition) is 4. The summed E-state index contributed by atoms with van der Waals surface area (Å²) in [7, 11) is 3.79. The summed E-state index contributed by atoms with van der Waals surface area (Å²) in [5.41, 5.74) is 1.75. The molecule has 0 bridgehead atoms. The summed E-state index contributed by atoms with van der Waals surface area (Å²) in [6.07, 6.45) is 1.58. The largest absolute Gasteiger partial charge is 0.507 e. The van der Waals surface area contributed by atoms with E-state index < -0.39 is 0 Å². The third-order valence-electron chi connectivity index (χ3n) is 2.86. The van der Waals surface area contributed by atoms with E-state index in [2.05, 4.69) is 10.3 Å². The zero-order chi connectivity index (χ0) is 14.7. The van der Waals surface area contributed by atoms with Crippen LogP contribution in [0, 0.1) is 6.92 Å². The molecule has 2 rings (SSSR count). The van der Waals surface area contributed by atoms with Crippen LogP contribution in [0.3, 0.4) is 0 Å². The lowest BCUT2D eigenvalue weighted by atomic mass is 10.1. The van der Waals surface area contributed by atoms with Crippen LogP contribution in [0.1, 0.15) is 15.9 Å². The third kappa shape index (κ3) is 3.06. The Labute approximate surface area is 117 Å². The highest BCUT2D eigenvalue weighted by molar-refractivity contribution is 6.06. The number of benzene rings is 1. The molecule has 0 saturated heterocycles. The van der Waals surface area contributed by atoms with Crippen LogP contribution >= 0.6 is 0 Å². The first-order chi connectivity index (χ1) is 9.47. The maximum absolute atomic E-state index is 12.1. The molecular weight excluding hydrogens is 254 g/mol. The number of nitrogens with one attached hydrogen (secondary N) is 1. The fourth-order valence-electron chi connectivity index (χ4n) is 1.75. The second-order valence-corrected chi connectivity index (χ2v) is 4.77. The predicted octanol–water partition coefficient (Wildman–Crippen LogP) is 2.41. The lowest BCUT2D eigenvalue weighted by Crippen LogP contribution is -2.14. The number of phenolic OH excluding ortho intramolecular Hbond substituents is 1. The summed E-state index contributed by atoms with van der Waals surface area (Å²) >= 11 is 0. The number of hydrogen-bond donors (Lipinski definition) is 2. The molecule has 0 atom stereocenters. The molecule has 0 unspecified atom stereocenters. The second-order valence-electron chi connectivity index (χ2n) is 4.77. The quantitative estimate of drug-likeness (QED) is 0.899. The Morgan fingerprint density at radius 2 is 2.00 bits per heavy atom. The minimum absolute atomic E-state index is 0.0361. The van der Waals surface area contributed by atoms with Crippen LogP contribution in [0.4, 0.5) is 11.5 Å². The van der Waals surface area contributed by atoms with Gasteiger partial charge >= 0.3 is 0 Å². The maximum Gasteiger partial charge on any atom is 0.259 e. The van der Waals surface area contributed by atoms with Crippen LogP contribution in [-0.2, 0) is 0 Å². The van der Waals surface area contributed by atoms with Crippen LogP contribution in [0.15, 0.2) is 36.5 Å². The van der Waals surface area contributed by atoms with E-state index in [0.717, 1.165) is 11.4 Å². The molecular formula is C15H17N3O2. The highest BCUT2D eigenvalue weighted by atomic mass is 16.3. The fourth-order valence-corrected chi connectivity index (χ4v) is 1.75. The molecule has 0 fully saturated rings. The molecule has 2 N–H and O–H groups in total. The van der Waals surface area contributed by atoms with E-state index in [1.54, 1.807) is 24.4 Å². The molecule has 5 heteroatoms. The van der Waals surface area contributed by atoms with Gasteiger partial charge in [0.25, 0.3) is 5.91 Å². The van der Waals surface area contributed by atoms with Crippen LogP contribution in [-0.4, -0.2) is 30.1 Å². The molecule has 1 aromatic heterocycles. The van der Waals surface area contributed by atoms with Gasteiger partial charge in [0.2, 0.25) is 0 Å². The third-order valence-corrected chi connectivity index (χ3v) is 2.86. The maximum atomic E-state index is 12.1. The molecule has 104 valence electrons. The van der Waals surface area contributed by atoms with E-state index in [-0.39, 0.29) is 17.2 Å². The van der Waals surface area contributed by atoms with E-state index in [9.17, 15) is 9.90 Å². The van der Waals surface area contributed by atoms with Crippen LogP contribution in [0.25, 0.3) is 0 Å². The lowest BCUT2D eigenvalue weighted by Gasteiger charge is -2.12. The van der Waals surface area contributed by atoms with Gasteiger partial charge in [-0.25, -0.2) is 4.98 Å². The summed E-state index contributed by atoms with van der Waals surface area (Å²) in [4.78, 5) is 18.2. The standard InChI is InChI=1S/C15H17N3O2/c1-10-4-6-13(19)12(8-10)15(20)17-11-5-7-14(16-9-11)18(2)3/h4-9,19H,1-3H3,(H,17,20). The van der Waals surface area contributed by atoms with Gasteiger partial charge in [-0.2, -0.15) is 0 Å². The van der Waals surface area contributed by atoms with Crippen molar-refractivity contribution in [1.29, 1.82) is 0 Å². The zero-order valence-corrected chi connectivity index (χ0v) is 11.7. The van der Waals surface area contributed by atoms with Crippen molar-refractivity contribution in [1.82, 2.24) is 4.98 Å². The van der Waals surface area contributed by atoms with Crippen molar-refractivity contribution in [3.8, 4) is 5.75 Å². The van der Waals surface area contributed by atoms with Crippen LogP contribution in [0.2, 0.25) is 0 Å². The van der Waals surface area contributed by atoms with Gasteiger partial charge in [-0.3, -0.25) is 4.79 Å². The minimum atomic E-state index is -0.356. The number of pyridine rings is 1. The van der Waals surface area contributed by atoms with Crippen molar-refractivity contribution >= 4 is 17.4 Å². The minimum Gasteiger partial charge on any atom is -0.507 e. The summed E-state index contributed by atoms with van der Waals surface area (Å²) in [5.74, 6) is 0.415. The van der Waals surface area contributed by atoms with Gasteiger partial charge in [-0.05, 0) is 31.2 Å². The highest BCUT2D eigenvalue weighted by Crippen LogP contribution is 2.20. The van der Waals surface area contributed by atoms with Crippen molar-refractivity contribution in [3.63, 3.8) is 0 Å². The molecule has 1 heterocycles. The normalized spacial score (nSPS) is 10.2. The lowest BCUT2D eigenvalue weighted by molar-refractivity contribution is 0.102. The number of carbonyl (C=O) groups is 1. The number of aromatic hydroxyl groups is 1. The molecule has 0 spiro atoms. The Balaban J connectivity index is 2.17. The Bertz CT molecular complexity index is 622. The van der Waals surface area contributed by atoms with Gasteiger partial charge in [0.05, 0.1) is 17.4 Å². The topological polar surface area (TPSA) is 65.5 Å². The number of rotatable bonds is 3. The second kappa shape index (κ2) is 5.61. The summed E-state index contributed by atoms with van der Waals surface area (Å²) < 4.78 is 0. The van der Waals surface area contributed by atoms with E-state index >= 15 is 0 Å². The molecule has 20 heavy (non-hydrogen) atoms. The number of phenols is 1. The molecule has 0 aliphatic heterocycles. The summed E-state index contributed by atoms with van der Waals surface area (Å²) in [5, 5.41) is 12.4. The van der Waals surface area contributed by atoms with Crippen molar-refractivity contribution in [2.24, 2.45) is 0 Å². The monoisotopic (exact) mass is 271 g/mol. The number of aryl methyl sites for hydroxylation is 1. The van der Waals surface area contributed by atoms with Gasteiger partial charge in [0.1, 0.15) is 11.6 Å². The highest BCUT2D eigenvalue weighted by Gasteiger charge is 2.11. The van der Waals surface area contributed by atoms with Crippen molar-refractivity contribution < 1.29 is 9.90 Å². The van der Waals surface area contributed by atoms with E-state index in [1.807, 2.05) is 32.0 Å². The first kappa shape index (κ1) is 13.9. The van der Waals surface area contributed by atoms with Crippen molar-refractivity contribution in [2.75, 3.05) is 24.3 Å². The zero-order valence-electron chi connectivity index (χ0n) is 11.7. The van der Waals surface area contributed by atoms with Gasteiger partial charge in [-0.15, -0.1) is 0 Å². The number of carbonyl (C=O) groups excluding carboxylic acids is 1. The summed E-state index contributed by atoms with van der Waals surface area (Å²) in [6, 6.07) is 8.49. The average molecular weight is 271 g/mol. The smallest absolute Gasteiger partial charge is 0.259 e. The van der Waals surface area contributed by atoms with E-state index in [0.29, 0.717) is 5.69 Å².